The van der Waals surface area contributed by atoms with E-state index < -0.39 is 17.8 Å². The molecule has 0 aliphatic carbocycles. The maximum Gasteiger partial charge on any atom is 0.343 e. The van der Waals surface area contributed by atoms with Crippen molar-refractivity contribution in [2.75, 3.05) is 23.8 Å². The van der Waals surface area contributed by atoms with Crippen LogP contribution < -0.4 is 15.4 Å². The number of amides is 2. The second-order valence-electron chi connectivity index (χ2n) is 6.69. The van der Waals surface area contributed by atoms with E-state index in [1.54, 1.807) is 38.2 Å². The second kappa shape index (κ2) is 10.8. The molecule has 0 spiro atoms. The molecule has 3 rings (SSSR count). The van der Waals surface area contributed by atoms with Crippen molar-refractivity contribution >= 4 is 52.5 Å². The van der Waals surface area contributed by atoms with Crippen LogP contribution in [0.4, 0.5) is 11.5 Å². The molecule has 2 aromatic carbocycles. The average Bonchev–Trinajstić information content (AvgIpc) is 3.14. The van der Waals surface area contributed by atoms with Gasteiger partial charge in [0.25, 0.3) is 11.8 Å². The number of aryl methyl sites for hydroxylation is 1. The topological polar surface area (TPSA) is 112 Å². The van der Waals surface area contributed by atoms with E-state index in [1.165, 1.54) is 29.1 Å². The lowest BCUT2D eigenvalue weighted by molar-refractivity contribution is -0.118. The number of hydrogen-bond acceptors (Lipinski definition) is 6. The minimum Gasteiger partial charge on any atom is -0.482 e. The highest BCUT2D eigenvalue weighted by atomic mass is 35.5. The number of rotatable bonds is 8. The van der Waals surface area contributed by atoms with Crippen molar-refractivity contribution in [3.63, 3.8) is 0 Å². The Kier molecular flexibility index (Phi) is 7.92. The minimum absolute atomic E-state index is 0.150. The normalized spacial score (nSPS) is 10.4. The van der Waals surface area contributed by atoms with Crippen LogP contribution in [0.15, 0.2) is 48.7 Å². The Balaban J connectivity index is 1.59. The molecule has 0 saturated heterocycles. The van der Waals surface area contributed by atoms with Gasteiger partial charge in [-0.05, 0) is 49.4 Å². The van der Waals surface area contributed by atoms with Gasteiger partial charge in [0, 0.05) is 23.3 Å². The predicted molar refractivity (Wildman–Crippen MR) is 124 cm³/mol. The molecule has 33 heavy (non-hydrogen) atoms. The Morgan fingerprint density at radius 3 is 2.45 bits per heavy atom. The Bertz CT molecular complexity index is 1180. The molecule has 0 aliphatic rings. The second-order valence-corrected chi connectivity index (χ2v) is 7.54. The highest BCUT2D eigenvalue weighted by Gasteiger charge is 2.20. The number of nitrogens with one attached hydrogen (secondary N) is 2. The summed E-state index contributed by atoms with van der Waals surface area (Å²) in [6, 6.07) is 10.9. The van der Waals surface area contributed by atoms with Gasteiger partial charge in [0.2, 0.25) is 0 Å². The third-order valence-corrected chi connectivity index (χ3v) is 4.88. The zero-order valence-electron chi connectivity index (χ0n) is 17.7. The van der Waals surface area contributed by atoms with Crippen LogP contribution in [0.5, 0.6) is 5.75 Å². The third-order valence-electron chi connectivity index (χ3n) is 4.35. The molecule has 1 heterocycles. The highest BCUT2D eigenvalue weighted by molar-refractivity contribution is 6.35. The summed E-state index contributed by atoms with van der Waals surface area (Å²) in [5.41, 5.74) is 0.931. The summed E-state index contributed by atoms with van der Waals surface area (Å²) >= 11 is 11.8. The Hall–Kier alpha value is -3.56. The fourth-order valence-corrected chi connectivity index (χ4v) is 3.22. The number of carbonyl (C=O) groups is 3. The number of hydrogen-bond donors (Lipinski definition) is 2. The molecule has 172 valence electrons. The van der Waals surface area contributed by atoms with Crippen molar-refractivity contribution in [2.45, 2.75) is 6.92 Å². The first-order valence-corrected chi connectivity index (χ1v) is 10.5. The van der Waals surface area contributed by atoms with Gasteiger partial charge in [0.1, 0.15) is 17.1 Å². The first-order chi connectivity index (χ1) is 15.8. The zero-order valence-corrected chi connectivity index (χ0v) is 19.2. The molecule has 0 unspecified atom stereocenters. The van der Waals surface area contributed by atoms with E-state index in [0.29, 0.717) is 27.0 Å². The van der Waals surface area contributed by atoms with Crippen molar-refractivity contribution in [1.82, 2.24) is 9.78 Å². The summed E-state index contributed by atoms with van der Waals surface area (Å²) in [5, 5.41) is 10.1. The molecule has 0 aliphatic heterocycles. The summed E-state index contributed by atoms with van der Waals surface area (Å²) < 4.78 is 11.7. The largest absolute Gasteiger partial charge is 0.482 e. The molecule has 0 atom stereocenters. The van der Waals surface area contributed by atoms with E-state index in [1.807, 2.05) is 0 Å². The SMILES string of the molecule is CCOC(=O)c1cnn(C)c1NC(=O)c1ccc(NC(=O)COc2ccc(Cl)cc2Cl)cc1. The fraction of sp³-hybridized carbons (Fsp3) is 0.182. The monoisotopic (exact) mass is 490 g/mol. The van der Waals surface area contributed by atoms with Gasteiger partial charge >= 0.3 is 5.97 Å². The van der Waals surface area contributed by atoms with Crippen LogP contribution in [0.3, 0.4) is 0 Å². The number of nitrogens with zero attached hydrogens (tertiary/aromatic N) is 2. The molecule has 0 radical (unpaired) electrons. The molecule has 3 aromatic rings. The van der Waals surface area contributed by atoms with Gasteiger partial charge in [-0.1, -0.05) is 23.2 Å². The summed E-state index contributed by atoms with van der Waals surface area (Å²) in [6.45, 7) is 1.62. The van der Waals surface area contributed by atoms with Gasteiger partial charge in [-0.3, -0.25) is 14.3 Å². The van der Waals surface area contributed by atoms with E-state index in [-0.39, 0.29) is 24.6 Å². The van der Waals surface area contributed by atoms with E-state index in [0.717, 1.165) is 0 Å². The number of esters is 1. The summed E-state index contributed by atoms with van der Waals surface area (Å²) in [6.07, 6.45) is 1.32. The lowest BCUT2D eigenvalue weighted by Crippen LogP contribution is -2.20. The molecule has 0 saturated carbocycles. The van der Waals surface area contributed by atoms with Crippen LogP contribution in [-0.2, 0) is 16.6 Å². The molecule has 2 amide bonds. The summed E-state index contributed by atoms with van der Waals surface area (Å²) in [7, 11) is 1.59. The minimum atomic E-state index is -0.582. The quantitative estimate of drug-likeness (QED) is 0.458. The van der Waals surface area contributed by atoms with Gasteiger partial charge in [0.05, 0.1) is 17.8 Å². The number of aromatic nitrogens is 2. The molecule has 1 aromatic heterocycles. The Morgan fingerprint density at radius 1 is 1.06 bits per heavy atom. The Morgan fingerprint density at radius 2 is 1.79 bits per heavy atom. The number of carbonyl (C=O) groups excluding carboxylic acids is 3. The maximum absolute atomic E-state index is 12.6. The predicted octanol–water partition coefficient (Wildman–Crippen LogP) is 4.17. The first-order valence-electron chi connectivity index (χ1n) is 9.76. The number of benzene rings is 2. The van der Waals surface area contributed by atoms with Gasteiger partial charge in [-0.25, -0.2) is 4.79 Å². The van der Waals surface area contributed by atoms with E-state index in [2.05, 4.69) is 15.7 Å². The van der Waals surface area contributed by atoms with Crippen LogP contribution in [0.25, 0.3) is 0 Å². The van der Waals surface area contributed by atoms with Crippen molar-refractivity contribution in [1.29, 1.82) is 0 Å². The Labute approximate surface area is 199 Å². The van der Waals surface area contributed by atoms with Crippen molar-refractivity contribution in [2.24, 2.45) is 7.05 Å². The number of ether oxygens (including phenoxy) is 2. The van der Waals surface area contributed by atoms with Crippen LogP contribution in [0.1, 0.15) is 27.6 Å². The number of anilines is 2. The molecular weight excluding hydrogens is 471 g/mol. The van der Waals surface area contributed by atoms with Crippen LogP contribution in [-0.4, -0.2) is 40.8 Å². The van der Waals surface area contributed by atoms with E-state index in [4.69, 9.17) is 32.7 Å². The van der Waals surface area contributed by atoms with E-state index >= 15 is 0 Å². The number of halogens is 2. The summed E-state index contributed by atoms with van der Waals surface area (Å²) in [4.78, 5) is 36.8. The zero-order chi connectivity index (χ0) is 24.0. The van der Waals surface area contributed by atoms with Crippen LogP contribution in [0.2, 0.25) is 10.0 Å². The van der Waals surface area contributed by atoms with Crippen molar-refractivity contribution in [3.05, 3.63) is 69.8 Å². The molecule has 11 heteroatoms. The molecule has 2 N–H and O–H groups in total. The summed E-state index contributed by atoms with van der Waals surface area (Å²) in [5.74, 6) is -0.898. The molecule has 0 bridgehead atoms. The first kappa shape index (κ1) is 24.1. The van der Waals surface area contributed by atoms with Crippen LogP contribution in [0, 0.1) is 0 Å². The van der Waals surface area contributed by atoms with Gasteiger partial charge < -0.3 is 20.1 Å². The molecule has 9 nitrogen and oxygen atoms in total. The third kappa shape index (κ3) is 6.24. The van der Waals surface area contributed by atoms with E-state index in [9.17, 15) is 14.4 Å². The van der Waals surface area contributed by atoms with Gasteiger partial charge in [0.15, 0.2) is 6.61 Å². The lowest BCUT2D eigenvalue weighted by Gasteiger charge is -2.10. The standard InChI is InChI=1S/C22H20Cl2N4O5/c1-3-32-22(31)16-11-25-28(2)20(16)27-21(30)13-4-7-15(8-5-13)26-19(29)12-33-18-9-6-14(23)10-17(18)24/h4-11H,3,12H2,1-2H3,(H,26,29)(H,27,30). The molecule has 0 fully saturated rings. The van der Waals surface area contributed by atoms with Crippen molar-refractivity contribution in [3.8, 4) is 5.75 Å². The van der Waals surface area contributed by atoms with Crippen LogP contribution >= 0.6 is 23.2 Å². The fourth-order valence-electron chi connectivity index (χ4n) is 2.76. The van der Waals surface area contributed by atoms with Gasteiger partial charge in [-0.15, -0.1) is 0 Å². The van der Waals surface area contributed by atoms with Gasteiger partial charge in [-0.2, -0.15) is 5.10 Å². The average molecular weight is 491 g/mol. The maximum atomic E-state index is 12.6. The smallest absolute Gasteiger partial charge is 0.343 e. The highest BCUT2D eigenvalue weighted by Crippen LogP contribution is 2.27. The van der Waals surface area contributed by atoms with Crippen molar-refractivity contribution < 1.29 is 23.9 Å². The lowest BCUT2D eigenvalue weighted by atomic mass is 10.2. The molecular formula is C22H20Cl2N4O5.